The number of phenols is 1. The molecule has 3 nitrogen and oxygen atoms in total. The first-order chi connectivity index (χ1) is 6.85. The van der Waals surface area contributed by atoms with Crippen LogP contribution in [0.4, 0.5) is 0 Å². The van der Waals surface area contributed by atoms with Crippen LogP contribution < -0.4 is 4.74 Å². The monoisotopic (exact) mass is 246 g/mol. The topological polar surface area (TPSA) is 46.5 Å². The van der Waals surface area contributed by atoms with Gasteiger partial charge in [0.25, 0.3) is 0 Å². The van der Waals surface area contributed by atoms with Crippen molar-refractivity contribution in [3.05, 3.63) is 21.7 Å². The summed E-state index contributed by atoms with van der Waals surface area (Å²) < 4.78 is 5.02. The van der Waals surface area contributed by atoms with Gasteiger partial charge in [-0.15, -0.1) is 0 Å². The zero-order valence-electron chi connectivity index (χ0n) is 8.10. The molecule has 1 heterocycles. The van der Waals surface area contributed by atoms with E-state index in [0.717, 1.165) is 0 Å². The molecule has 0 aromatic heterocycles. The molecule has 1 aromatic carbocycles. The lowest BCUT2D eigenvalue weighted by atomic mass is 9.86. The Morgan fingerprint density at radius 2 is 2.00 bits per heavy atom. The average Bonchev–Trinajstić information content (AvgIpc) is 2.36. The van der Waals surface area contributed by atoms with Gasteiger partial charge < -0.3 is 9.84 Å². The Bertz CT molecular complexity index is 466. The normalized spacial score (nSPS) is 17.5. The van der Waals surface area contributed by atoms with Crippen molar-refractivity contribution in [3.63, 3.8) is 0 Å². The van der Waals surface area contributed by atoms with Crippen LogP contribution in [-0.2, 0) is 10.2 Å². The average molecular weight is 247 g/mol. The van der Waals surface area contributed by atoms with Crippen LogP contribution in [0.3, 0.4) is 0 Å². The minimum Gasteiger partial charge on any atom is -0.506 e. The second-order valence-electron chi connectivity index (χ2n) is 3.91. The van der Waals surface area contributed by atoms with Crippen molar-refractivity contribution in [2.75, 3.05) is 0 Å². The Morgan fingerprint density at radius 1 is 1.40 bits per heavy atom. The predicted octanol–water partition coefficient (Wildman–Crippen LogP) is 2.90. The van der Waals surface area contributed by atoms with E-state index >= 15 is 0 Å². The highest BCUT2D eigenvalue weighted by atomic mass is 35.5. The molecule has 0 fully saturated rings. The van der Waals surface area contributed by atoms with Gasteiger partial charge in [-0.05, 0) is 13.8 Å². The molecule has 1 aromatic rings. The van der Waals surface area contributed by atoms with Gasteiger partial charge in [0.15, 0.2) is 5.75 Å². The number of aromatic hydroxyl groups is 1. The van der Waals surface area contributed by atoms with E-state index in [0.29, 0.717) is 5.56 Å². The third-order valence-corrected chi connectivity index (χ3v) is 3.15. The van der Waals surface area contributed by atoms with E-state index in [4.69, 9.17) is 27.9 Å². The molecule has 1 aliphatic rings. The Kier molecular flexibility index (Phi) is 2.14. The highest BCUT2D eigenvalue weighted by Gasteiger charge is 2.44. The van der Waals surface area contributed by atoms with Crippen molar-refractivity contribution < 1.29 is 14.6 Å². The summed E-state index contributed by atoms with van der Waals surface area (Å²) in [6, 6.07) is 1.26. The molecule has 1 N–H and O–H groups in total. The maximum atomic E-state index is 11.5. The molecule has 5 heteroatoms. The second kappa shape index (κ2) is 3.03. The largest absolute Gasteiger partial charge is 0.506 e. The number of carbonyl (C=O) groups excluding carboxylic acids is 1. The Morgan fingerprint density at radius 3 is 2.60 bits per heavy atom. The number of carbonyl (C=O) groups is 1. The summed E-state index contributed by atoms with van der Waals surface area (Å²) in [6.45, 7) is 3.34. The maximum Gasteiger partial charge on any atom is 0.321 e. The molecule has 0 unspecified atom stereocenters. The highest BCUT2D eigenvalue weighted by molar-refractivity contribution is 6.37. The number of fused-ring (bicyclic) bond motifs is 1. The lowest BCUT2D eigenvalue weighted by Crippen LogP contribution is -2.26. The van der Waals surface area contributed by atoms with E-state index in [1.54, 1.807) is 13.8 Å². The van der Waals surface area contributed by atoms with Crippen LogP contribution in [-0.4, -0.2) is 11.1 Å². The molecular weight excluding hydrogens is 239 g/mol. The van der Waals surface area contributed by atoms with Crippen molar-refractivity contribution in [2.45, 2.75) is 19.3 Å². The Labute approximate surface area is 96.6 Å². The SMILES string of the molecule is CC1(C)C(=O)Oc2c(Cl)cc(O)c(Cl)c21. The lowest BCUT2D eigenvalue weighted by Gasteiger charge is -2.14. The first kappa shape index (κ1) is 10.6. The Hall–Kier alpha value is -0.930. The number of halogens is 2. The van der Waals surface area contributed by atoms with Crippen LogP contribution in [0.1, 0.15) is 19.4 Å². The molecule has 0 saturated carbocycles. The molecule has 15 heavy (non-hydrogen) atoms. The van der Waals surface area contributed by atoms with Crippen LogP contribution in [0.15, 0.2) is 6.07 Å². The minimum atomic E-state index is -0.880. The van der Waals surface area contributed by atoms with Crippen LogP contribution in [0, 0.1) is 0 Å². The lowest BCUT2D eigenvalue weighted by molar-refractivity contribution is -0.137. The van der Waals surface area contributed by atoms with Crippen molar-refractivity contribution in [1.82, 2.24) is 0 Å². The fourth-order valence-corrected chi connectivity index (χ4v) is 2.19. The zero-order chi connectivity index (χ0) is 11.4. The molecule has 0 bridgehead atoms. The Balaban J connectivity index is 2.81. The highest BCUT2D eigenvalue weighted by Crippen LogP contribution is 2.50. The van der Waals surface area contributed by atoms with Gasteiger partial charge in [-0.3, -0.25) is 4.79 Å². The van der Waals surface area contributed by atoms with Crippen molar-refractivity contribution in [3.8, 4) is 11.5 Å². The fourth-order valence-electron chi connectivity index (χ4n) is 1.58. The molecule has 0 saturated heterocycles. The summed E-state index contributed by atoms with van der Waals surface area (Å²) in [7, 11) is 0. The van der Waals surface area contributed by atoms with Gasteiger partial charge in [-0.1, -0.05) is 23.2 Å². The quantitative estimate of drug-likeness (QED) is 0.566. The summed E-state index contributed by atoms with van der Waals surface area (Å²) >= 11 is 11.8. The maximum absolute atomic E-state index is 11.5. The molecular formula is C10H8Cl2O3. The minimum absolute atomic E-state index is 0.116. The van der Waals surface area contributed by atoms with Crippen molar-refractivity contribution in [1.29, 1.82) is 0 Å². The zero-order valence-corrected chi connectivity index (χ0v) is 9.61. The molecule has 0 atom stereocenters. The number of phenolic OH excluding ortho intramolecular Hbond substituents is 1. The number of hydrogen-bond acceptors (Lipinski definition) is 3. The van der Waals surface area contributed by atoms with Crippen LogP contribution in [0.2, 0.25) is 10.0 Å². The molecule has 1 aliphatic heterocycles. The van der Waals surface area contributed by atoms with Crippen molar-refractivity contribution in [2.24, 2.45) is 0 Å². The van der Waals surface area contributed by atoms with E-state index in [9.17, 15) is 9.90 Å². The molecule has 2 rings (SSSR count). The van der Waals surface area contributed by atoms with Crippen LogP contribution in [0.5, 0.6) is 11.5 Å². The standard InChI is InChI=1S/C10H8Cl2O3/c1-10(2)6-7(12)5(13)3-4(11)8(6)15-9(10)14/h3,13H,1-2H3. The molecule has 0 radical (unpaired) electrons. The molecule has 0 amide bonds. The summed E-state index contributed by atoms with van der Waals surface area (Å²) in [6.07, 6.45) is 0. The van der Waals surface area contributed by atoms with Crippen LogP contribution in [0.25, 0.3) is 0 Å². The van der Waals surface area contributed by atoms with Gasteiger partial charge in [0.05, 0.1) is 15.5 Å². The molecule has 0 aliphatic carbocycles. The van der Waals surface area contributed by atoms with Crippen molar-refractivity contribution >= 4 is 29.2 Å². The van der Waals surface area contributed by atoms with Gasteiger partial charge in [0.2, 0.25) is 0 Å². The van der Waals surface area contributed by atoms with Gasteiger partial charge in [-0.2, -0.15) is 0 Å². The van der Waals surface area contributed by atoms with E-state index in [-0.39, 0.29) is 21.5 Å². The summed E-state index contributed by atoms with van der Waals surface area (Å²) in [5.74, 6) is -0.326. The first-order valence-electron chi connectivity index (χ1n) is 4.29. The second-order valence-corrected chi connectivity index (χ2v) is 4.70. The number of hydrogen-bond donors (Lipinski definition) is 1. The third-order valence-electron chi connectivity index (χ3n) is 2.48. The van der Waals surface area contributed by atoms with Gasteiger partial charge in [0.1, 0.15) is 5.75 Å². The fraction of sp³-hybridized carbons (Fsp3) is 0.300. The van der Waals surface area contributed by atoms with Gasteiger partial charge in [0, 0.05) is 11.6 Å². The van der Waals surface area contributed by atoms with Crippen LogP contribution >= 0.6 is 23.2 Å². The van der Waals surface area contributed by atoms with E-state index < -0.39 is 11.4 Å². The third kappa shape index (κ3) is 1.30. The van der Waals surface area contributed by atoms with Gasteiger partial charge in [-0.25, -0.2) is 0 Å². The van der Waals surface area contributed by atoms with E-state index in [1.807, 2.05) is 0 Å². The summed E-state index contributed by atoms with van der Waals surface area (Å²) in [4.78, 5) is 11.5. The van der Waals surface area contributed by atoms with E-state index in [1.165, 1.54) is 6.07 Å². The number of esters is 1. The number of rotatable bonds is 0. The first-order valence-corrected chi connectivity index (χ1v) is 5.05. The number of ether oxygens (including phenoxy) is 1. The molecule has 0 spiro atoms. The summed E-state index contributed by atoms with van der Waals surface area (Å²) in [5, 5.41) is 9.80. The summed E-state index contributed by atoms with van der Waals surface area (Å²) in [5.41, 5.74) is -0.436. The smallest absolute Gasteiger partial charge is 0.321 e. The predicted molar refractivity (Wildman–Crippen MR) is 56.8 cm³/mol. The van der Waals surface area contributed by atoms with E-state index in [2.05, 4.69) is 0 Å². The number of benzene rings is 1. The molecule has 80 valence electrons. The van der Waals surface area contributed by atoms with Gasteiger partial charge >= 0.3 is 5.97 Å².